The Hall–Kier alpha value is -1.58. The molecule has 3 rings (SSSR count). The number of hydrogen-bond donors (Lipinski definition) is 0. The molecular formula is C19H24F3N3O2S. The van der Waals surface area contributed by atoms with E-state index in [-0.39, 0.29) is 17.5 Å². The van der Waals surface area contributed by atoms with Crippen LogP contribution in [0.5, 0.6) is 0 Å². The Morgan fingerprint density at radius 3 is 2.57 bits per heavy atom. The van der Waals surface area contributed by atoms with Crippen molar-refractivity contribution in [3.05, 3.63) is 29.5 Å². The van der Waals surface area contributed by atoms with Crippen molar-refractivity contribution in [2.45, 2.75) is 64.1 Å². The van der Waals surface area contributed by atoms with E-state index >= 15 is 0 Å². The van der Waals surface area contributed by atoms with Crippen molar-refractivity contribution in [1.29, 1.82) is 0 Å². The van der Waals surface area contributed by atoms with Gasteiger partial charge in [-0.05, 0) is 59.1 Å². The summed E-state index contributed by atoms with van der Waals surface area (Å²) in [7, 11) is 0. The highest BCUT2D eigenvalue weighted by Gasteiger charge is 2.33. The van der Waals surface area contributed by atoms with Crippen molar-refractivity contribution in [2.24, 2.45) is 4.40 Å². The third kappa shape index (κ3) is 4.36. The molecule has 9 heteroatoms. The Morgan fingerprint density at radius 2 is 2.00 bits per heavy atom. The number of alkyl halides is 3. The van der Waals surface area contributed by atoms with Crippen molar-refractivity contribution < 1.29 is 22.5 Å². The number of halogens is 3. The van der Waals surface area contributed by atoms with Crippen LogP contribution in [0, 0.1) is 0 Å². The van der Waals surface area contributed by atoms with Crippen LogP contribution < -0.4 is 0 Å². The molecular weight excluding hydrogens is 391 g/mol. The zero-order valence-electron chi connectivity index (χ0n) is 16.3. The van der Waals surface area contributed by atoms with E-state index in [1.807, 2.05) is 0 Å². The molecule has 0 spiro atoms. The van der Waals surface area contributed by atoms with Crippen molar-refractivity contribution in [1.82, 2.24) is 9.78 Å². The van der Waals surface area contributed by atoms with Gasteiger partial charge in [0.25, 0.3) is 0 Å². The summed E-state index contributed by atoms with van der Waals surface area (Å²) in [6.07, 6.45) is -0.814. The highest BCUT2D eigenvalue weighted by atomic mass is 32.2. The number of rotatable bonds is 3. The van der Waals surface area contributed by atoms with Crippen LogP contribution in [-0.2, 0) is 22.3 Å². The Labute approximate surface area is 165 Å². The fourth-order valence-electron chi connectivity index (χ4n) is 3.06. The second-order valence-corrected chi connectivity index (χ2v) is 9.81. The first-order valence-corrected chi connectivity index (χ1v) is 10.3. The number of nitrogens with zero attached hydrogens (tertiary/aromatic N) is 3. The van der Waals surface area contributed by atoms with Crippen LogP contribution in [0.2, 0.25) is 0 Å². The molecule has 5 nitrogen and oxygen atoms in total. The third-order valence-electron chi connectivity index (χ3n) is 4.61. The molecule has 1 fully saturated rings. The molecule has 1 aliphatic rings. The quantitative estimate of drug-likeness (QED) is 0.522. The topological polar surface area (TPSA) is 62.5 Å². The Morgan fingerprint density at radius 1 is 1.29 bits per heavy atom. The van der Waals surface area contributed by atoms with Crippen molar-refractivity contribution in [3.63, 3.8) is 0 Å². The summed E-state index contributed by atoms with van der Waals surface area (Å²) < 4.78 is 63.7. The summed E-state index contributed by atoms with van der Waals surface area (Å²) in [6, 6.07) is 2.15. The van der Waals surface area contributed by atoms with Crippen molar-refractivity contribution in [2.75, 3.05) is 6.61 Å². The highest BCUT2D eigenvalue weighted by Crippen LogP contribution is 2.35. The van der Waals surface area contributed by atoms with Gasteiger partial charge in [-0.25, -0.2) is 4.68 Å². The summed E-state index contributed by atoms with van der Waals surface area (Å²) in [4.78, 5) is 0. The van der Waals surface area contributed by atoms with Gasteiger partial charge in [0.2, 0.25) is 0 Å². The van der Waals surface area contributed by atoms with E-state index in [9.17, 15) is 17.7 Å². The number of ether oxygens (including phenoxy) is 1. The second-order valence-electron chi connectivity index (χ2n) is 7.90. The molecule has 0 amide bonds. The van der Waals surface area contributed by atoms with Crippen LogP contribution >= 0.6 is 0 Å². The fraction of sp³-hybridized carbons (Fsp3) is 0.579. The van der Waals surface area contributed by atoms with Crippen LogP contribution in [0.4, 0.5) is 13.2 Å². The first kappa shape index (κ1) is 21.1. The van der Waals surface area contributed by atoms with Crippen molar-refractivity contribution >= 4 is 28.0 Å². The van der Waals surface area contributed by atoms with E-state index in [1.165, 1.54) is 10.9 Å². The normalized spacial score (nSPS) is 20.6. The lowest BCUT2D eigenvalue weighted by atomic mass is 10.0. The zero-order valence-corrected chi connectivity index (χ0v) is 17.2. The molecule has 0 aliphatic carbocycles. The lowest BCUT2D eigenvalue weighted by molar-refractivity contribution is -0.137. The van der Waals surface area contributed by atoms with Crippen LogP contribution in [0.3, 0.4) is 0 Å². The average Bonchev–Trinajstić information content (AvgIpc) is 3.04. The van der Waals surface area contributed by atoms with Crippen LogP contribution in [0.15, 0.2) is 22.7 Å². The minimum absolute atomic E-state index is 0.282. The third-order valence-corrected chi connectivity index (χ3v) is 6.09. The molecule has 1 aromatic carbocycles. The molecule has 1 saturated heterocycles. The molecule has 154 valence electrons. The van der Waals surface area contributed by atoms with Gasteiger partial charge in [0.05, 0.1) is 23.0 Å². The lowest BCUT2D eigenvalue weighted by Gasteiger charge is -2.24. The predicted molar refractivity (Wildman–Crippen MR) is 104 cm³/mol. The molecule has 2 heterocycles. The molecule has 0 saturated carbocycles. The minimum atomic E-state index is -4.52. The van der Waals surface area contributed by atoms with E-state index < -0.39 is 27.8 Å². The molecule has 2 atom stereocenters. The highest BCUT2D eigenvalue weighted by molar-refractivity contribution is 7.91. The Kier molecular flexibility index (Phi) is 5.80. The van der Waals surface area contributed by atoms with Gasteiger partial charge < -0.3 is 9.29 Å². The number of benzene rings is 1. The molecule has 0 radical (unpaired) electrons. The summed E-state index contributed by atoms with van der Waals surface area (Å²) in [5.74, 6) is 0. The molecule has 0 bridgehead atoms. The van der Waals surface area contributed by atoms with E-state index in [0.717, 1.165) is 25.0 Å². The SMILES string of the molecule is C/C(=N/[S@+]([O-])C(C)(C)C)c1cc(C(F)(F)F)cc2c1cnn2C1CCCCO1. The molecule has 1 aliphatic heterocycles. The van der Waals surface area contributed by atoms with Gasteiger partial charge in [-0.1, -0.05) is 4.40 Å². The maximum Gasteiger partial charge on any atom is 0.416 e. The van der Waals surface area contributed by atoms with E-state index in [0.29, 0.717) is 23.9 Å². The summed E-state index contributed by atoms with van der Waals surface area (Å²) in [5.41, 5.74) is 0.120. The van der Waals surface area contributed by atoms with Crippen LogP contribution in [0.1, 0.15) is 64.3 Å². The summed E-state index contributed by atoms with van der Waals surface area (Å²) >= 11 is -1.58. The van der Waals surface area contributed by atoms with Gasteiger partial charge in [-0.2, -0.15) is 18.3 Å². The monoisotopic (exact) mass is 415 g/mol. The molecule has 1 unspecified atom stereocenters. The number of fused-ring (bicyclic) bond motifs is 1. The smallest absolute Gasteiger partial charge is 0.416 e. The lowest BCUT2D eigenvalue weighted by Crippen LogP contribution is -2.26. The molecule has 0 N–H and O–H groups in total. The average molecular weight is 415 g/mol. The Bertz CT molecular complexity index is 881. The van der Waals surface area contributed by atoms with Gasteiger partial charge in [-0.15, -0.1) is 0 Å². The predicted octanol–water partition coefficient (Wildman–Crippen LogP) is 5.03. The second kappa shape index (κ2) is 7.68. The van der Waals surface area contributed by atoms with E-state index in [4.69, 9.17) is 4.74 Å². The number of hydrogen-bond acceptors (Lipinski definition) is 4. The summed E-state index contributed by atoms with van der Waals surface area (Å²) in [5, 5.41) is 4.84. The van der Waals surface area contributed by atoms with E-state index in [1.54, 1.807) is 27.7 Å². The van der Waals surface area contributed by atoms with Gasteiger partial charge in [0.1, 0.15) is 16.1 Å². The maximum absolute atomic E-state index is 13.5. The maximum atomic E-state index is 13.5. The van der Waals surface area contributed by atoms with E-state index in [2.05, 4.69) is 9.50 Å². The fourth-order valence-corrected chi connectivity index (χ4v) is 3.69. The van der Waals surface area contributed by atoms with Gasteiger partial charge in [0, 0.05) is 17.6 Å². The van der Waals surface area contributed by atoms with Gasteiger partial charge in [-0.3, -0.25) is 0 Å². The first-order chi connectivity index (χ1) is 13.0. The molecule has 2 aromatic rings. The largest absolute Gasteiger partial charge is 0.591 e. The summed E-state index contributed by atoms with van der Waals surface area (Å²) in [6.45, 7) is 7.43. The molecule has 1 aromatic heterocycles. The van der Waals surface area contributed by atoms with Crippen molar-refractivity contribution in [3.8, 4) is 0 Å². The van der Waals surface area contributed by atoms with Gasteiger partial charge >= 0.3 is 6.18 Å². The van der Waals surface area contributed by atoms with Crippen LogP contribution in [-0.4, -0.2) is 31.4 Å². The first-order valence-electron chi connectivity index (χ1n) is 9.16. The number of aromatic nitrogens is 2. The molecule has 28 heavy (non-hydrogen) atoms. The van der Waals surface area contributed by atoms with Gasteiger partial charge in [0.15, 0.2) is 6.23 Å². The Balaban J connectivity index is 2.16. The van der Waals surface area contributed by atoms with Crippen LogP contribution in [0.25, 0.3) is 10.9 Å². The zero-order chi connectivity index (χ0) is 20.7. The standard InChI is InChI=1S/C19H24F3N3O2S/c1-12(24-28(26)18(2,3)4)14-9-13(19(20,21)22)10-16-15(14)11-23-25(16)17-7-5-6-8-27-17/h9-11,17H,5-8H2,1-4H3/b24-12-/t17?,28-/m1/s1. The minimum Gasteiger partial charge on any atom is -0.591 e.